The Hall–Kier alpha value is -1.50. The Morgan fingerprint density at radius 1 is 1.47 bits per heavy atom. The highest BCUT2D eigenvalue weighted by atomic mass is 15.3. The van der Waals surface area contributed by atoms with Crippen LogP contribution in [0.25, 0.3) is 0 Å². The van der Waals surface area contributed by atoms with Gasteiger partial charge in [0.05, 0.1) is 22.9 Å². The van der Waals surface area contributed by atoms with Crippen molar-refractivity contribution >= 4 is 5.69 Å². The molecule has 0 aromatic carbocycles. The van der Waals surface area contributed by atoms with Crippen LogP contribution in [0, 0.1) is 23.7 Å². The van der Waals surface area contributed by atoms with Gasteiger partial charge in [-0.2, -0.15) is 10.4 Å². The van der Waals surface area contributed by atoms with Gasteiger partial charge in [0.1, 0.15) is 0 Å². The zero-order valence-electron chi connectivity index (χ0n) is 11.2. The fourth-order valence-corrected chi connectivity index (χ4v) is 1.74. The molecule has 0 unspecified atom stereocenters. The van der Waals surface area contributed by atoms with E-state index in [0.717, 1.165) is 37.2 Å². The molecule has 0 amide bonds. The molecule has 1 heterocycles. The molecular formula is C13H22N4. The summed E-state index contributed by atoms with van der Waals surface area (Å²) in [7, 11) is 1.92. The normalized spacial score (nSPS) is 11.2. The van der Waals surface area contributed by atoms with Gasteiger partial charge < -0.3 is 5.32 Å². The van der Waals surface area contributed by atoms with Crippen molar-refractivity contribution in [2.75, 3.05) is 11.9 Å². The van der Waals surface area contributed by atoms with Crippen LogP contribution in [0.5, 0.6) is 0 Å². The highest BCUT2D eigenvalue weighted by molar-refractivity contribution is 5.45. The highest BCUT2D eigenvalue weighted by Gasteiger charge is 2.15. The smallest absolute Gasteiger partial charge is 0.0824 e. The molecule has 0 radical (unpaired) electrons. The van der Waals surface area contributed by atoms with Crippen molar-refractivity contribution in [3.63, 3.8) is 0 Å². The highest BCUT2D eigenvalue weighted by Crippen LogP contribution is 2.21. The molecule has 0 saturated carbocycles. The number of hydrogen-bond acceptors (Lipinski definition) is 3. The number of anilines is 1. The van der Waals surface area contributed by atoms with Gasteiger partial charge >= 0.3 is 0 Å². The van der Waals surface area contributed by atoms with Crippen LogP contribution in [-0.2, 0) is 7.05 Å². The first-order chi connectivity index (χ1) is 7.94. The fraction of sp³-hybridized carbons (Fsp3) is 0.692. The maximum Gasteiger partial charge on any atom is 0.0824 e. The molecule has 0 atom stereocenters. The maximum absolute atomic E-state index is 8.89. The van der Waals surface area contributed by atoms with Gasteiger partial charge in [-0.15, -0.1) is 0 Å². The molecule has 0 fully saturated rings. The van der Waals surface area contributed by atoms with Crippen LogP contribution < -0.4 is 5.32 Å². The second-order valence-electron chi connectivity index (χ2n) is 5.18. The molecule has 0 aliphatic carbocycles. The summed E-state index contributed by atoms with van der Waals surface area (Å²) >= 11 is 0. The molecule has 1 aromatic rings. The molecule has 1 aromatic heterocycles. The number of nitrogens with zero attached hydrogens (tertiary/aromatic N) is 3. The number of nitriles is 1. The predicted octanol–water partition coefficient (Wildman–Crippen LogP) is 2.86. The average Bonchev–Trinajstić information content (AvgIpc) is 2.57. The lowest BCUT2D eigenvalue weighted by Crippen LogP contribution is -2.09. The average molecular weight is 234 g/mol. The van der Waals surface area contributed by atoms with E-state index in [1.165, 1.54) is 0 Å². The van der Waals surface area contributed by atoms with Crippen LogP contribution in [0.4, 0.5) is 5.69 Å². The van der Waals surface area contributed by atoms with Gasteiger partial charge in [-0.25, -0.2) is 0 Å². The van der Waals surface area contributed by atoms with Gasteiger partial charge in [-0.05, 0) is 33.6 Å². The first-order valence-corrected chi connectivity index (χ1v) is 6.10. The van der Waals surface area contributed by atoms with Crippen LogP contribution in [0.15, 0.2) is 6.20 Å². The van der Waals surface area contributed by atoms with E-state index in [-0.39, 0.29) is 5.41 Å². The Morgan fingerprint density at radius 2 is 2.18 bits per heavy atom. The molecular weight excluding hydrogens is 212 g/mol. The minimum absolute atomic E-state index is 0.190. The number of unbranched alkanes of at least 4 members (excludes halogenated alkanes) is 1. The van der Waals surface area contributed by atoms with E-state index in [0.29, 0.717) is 0 Å². The van der Waals surface area contributed by atoms with E-state index in [2.05, 4.69) is 16.5 Å². The Kier molecular flexibility index (Phi) is 4.56. The van der Waals surface area contributed by atoms with Gasteiger partial charge in [0, 0.05) is 19.8 Å². The summed E-state index contributed by atoms with van der Waals surface area (Å²) in [4.78, 5) is 0. The lowest BCUT2D eigenvalue weighted by molar-refractivity contribution is 0.430. The molecule has 0 saturated heterocycles. The largest absolute Gasteiger partial charge is 0.382 e. The Bertz CT molecular complexity index is 398. The summed E-state index contributed by atoms with van der Waals surface area (Å²) in [6.45, 7) is 6.92. The van der Waals surface area contributed by atoms with Crippen LogP contribution in [-0.4, -0.2) is 16.3 Å². The summed E-state index contributed by atoms with van der Waals surface area (Å²) in [5.41, 5.74) is 1.95. The van der Waals surface area contributed by atoms with E-state index >= 15 is 0 Å². The van der Waals surface area contributed by atoms with Gasteiger partial charge in [-0.3, -0.25) is 4.68 Å². The molecule has 0 bridgehead atoms. The third-order valence-electron chi connectivity index (χ3n) is 2.86. The van der Waals surface area contributed by atoms with Crippen molar-refractivity contribution in [1.82, 2.24) is 9.78 Å². The first kappa shape index (κ1) is 13.6. The van der Waals surface area contributed by atoms with Gasteiger partial charge in [0.25, 0.3) is 0 Å². The quantitative estimate of drug-likeness (QED) is 0.770. The van der Waals surface area contributed by atoms with Gasteiger partial charge in [0.15, 0.2) is 0 Å². The van der Waals surface area contributed by atoms with Crippen LogP contribution in [0.1, 0.15) is 38.8 Å². The summed E-state index contributed by atoms with van der Waals surface area (Å²) in [5, 5.41) is 16.5. The van der Waals surface area contributed by atoms with Crippen LogP contribution in [0.2, 0.25) is 0 Å². The zero-order valence-corrected chi connectivity index (χ0v) is 11.2. The Balaban J connectivity index is 2.22. The van der Waals surface area contributed by atoms with E-state index < -0.39 is 0 Å². The SMILES string of the molecule is Cc1nn(C)cc1NCCCCC(C)(C)C#N. The fourth-order valence-electron chi connectivity index (χ4n) is 1.74. The van der Waals surface area contributed by atoms with Crippen molar-refractivity contribution in [3.05, 3.63) is 11.9 Å². The minimum atomic E-state index is -0.190. The summed E-state index contributed by atoms with van der Waals surface area (Å²) in [6.07, 6.45) is 5.11. The predicted molar refractivity (Wildman–Crippen MR) is 69.7 cm³/mol. The monoisotopic (exact) mass is 234 g/mol. The van der Waals surface area contributed by atoms with E-state index in [4.69, 9.17) is 5.26 Å². The number of aromatic nitrogens is 2. The standard InChI is InChI=1S/C13H22N4/c1-11-12(9-17(4)16-11)15-8-6-5-7-13(2,3)10-14/h9,15H,5-8H2,1-4H3. The third-order valence-corrected chi connectivity index (χ3v) is 2.86. The maximum atomic E-state index is 8.89. The van der Waals surface area contributed by atoms with E-state index in [1.807, 2.05) is 38.7 Å². The Labute approximate surface area is 104 Å². The molecule has 4 heteroatoms. The first-order valence-electron chi connectivity index (χ1n) is 6.10. The van der Waals surface area contributed by atoms with Crippen molar-refractivity contribution in [2.45, 2.75) is 40.0 Å². The van der Waals surface area contributed by atoms with Crippen molar-refractivity contribution in [1.29, 1.82) is 5.26 Å². The lowest BCUT2D eigenvalue weighted by Gasteiger charge is -2.14. The third kappa shape index (κ3) is 4.48. The van der Waals surface area contributed by atoms with Gasteiger partial charge in [0.2, 0.25) is 0 Å². The molecule has 1 N–H and O–H groups in total. The zero-order chi connectivity index (χ0) is 12.9. The molecule has 1 rings (SSSR count). The van der Waals surface area contributed by atoms with E-state index in [9.17, 15) is 0 Å². The number of aryl methyl sites for hydroxylation is 2. The van der Waals surface area contributed by atoms with Crippen LogP contribution >= 0.6 is 0 Å². The summed E-state index contributed by atoms with van der Waals surface area (Å²) in [6, 6.07) is 2.33. The lowest BCUT2D eigenvalue weighted by atomic mass is 9.89. The van der Waals surface area contributed by atoms with Crippen molar-refractivity contribution < 1.29 is 0 Å². The molecule has 0 aliphatic rings. The molecule has 0 spiro atoms. The molecule has 0 aliphatic heterocycles. The molecule has 94 valence electrons. The van der Waals surface area contributed by atoms with Gasteiger partial charge in [-0.1, -0.05) is 6.42 Å². The van der Waals surface area contributed by atoms with Crippen LogP contribution in [0.3, 0.4) is 0 Å². The van der Waals surface area contributed by atoms with Crippen molar-refractivity contribution in [3.8, 4) is 6.07 Å². The summed E-state index contributed by atoms with van der Waals surface area (Å²) < 4.78 is 1.82. The second-order valence-corrected chi connectivity index (χ2v) is 5.18. The summed E-state index contributed by atoms with van der Waals surface area (Å²) in [5.74, 6) is 0. The topological polar surface area (TPSA) is 53.6 Å². The number of nitrogens with one attached hydrogen (secondary N) is 1. The van der Waals surface area contributed by atoms with Crippen molar-refractivity contribution in [2.24, 2.45) is 12.5 Å². The molecule has 17 heavy (non-hydrogen) atoms. The minimum Gasteiger partial charge on any atom is -0.382 e. The Morgan fingerprint density at radius 3 is 2.71 bits per heavy atom. The number of rotatable bonds is 6. The number of hydrogen-bond donors (Lipinski definition) is 1. The van der Waals surface area contributed by atoms with E-state index in [1.54, 1.807) is 0 Å². The molecule has 4 nitrogen and oxygen atoms in total. The second kappa shape index (κ2) is 5.72.